The predicted octanol–water partition coefficient (Wildman–Crippen LogP) is 3.63. The number of allylic oxidation sites excluding steroid dienone is 1. The molecule has 0 spiro atoms. The maximum Gasteiger partial charge on any atom is 0.0144 e. The number of thiol groups is 1. The van der Waals surface area contributed by atoms with E-state index in [1.165, 1.54) is 16.7 Å². The SMILES string of the molecule is C/C=C\c1c(C)ccc(C)c1S. The van der Waals surface area contributed by atoms with Crippen molar-refractivity contribution in [1.29, 1.82) is 0 Å². The lowest BCUT2D eigenvalue weighted by atomic mass is 10.1. The van der Waals surface area contributed by atoms with Gasteiger partial charge in [0.25, 0.3) is 0 Å². The summed E-state index contributed by atoms with van der Waals surface area (Å²) < 4.78 is 0. The Hall–Kier alpha value is -0.690. The van der Waals surface area contributed by atoms with Gasteiger partial charge in [0.15, 0.2) is 0 Å². The Kier molecular flexibility index (Phi) is 2.99. The van der Waals surface area contributed by atoms with Gasteiger partial charge < -0.3 is 0 Å². The van der Waals surface area contributed by atoms with Crippen LogP contribution in [-0.2, 0) is 0 Å². The Bertz CT molecular complexity index is 311. The van der Waals surface area contributed by atoms with E-state index < -0.39 is 0 Å². The van der Waals surface area contributed by atoms with Crippen molar-refractivity contribution in [2.45, 2.75) is 25.7 Å². The third kappa shape index (κ3) is 1.72. The van der Waals surface area contributed by atoms with Crippen molar-refractivity contribution in [2.75, 3.05) is 0 Å². The monoisotopic (exact) mass is 178 g/mol. The normalized spacial score (nSPS) is 11.0. The molecule has 0 aromatic heterocycles. The highest BCUT2D eigenvalue weighted by Crippen LogP contribution is 2.23. The van der Waals surface area contributed by atoms with Gasteiger partial charge in [-0.25, -0.2) is 0 Å². The van der Waals surface area contributed by atoms with Crippen LogP contribution < -0.4 is 0 Å². The maximum atomic E-state index is 4.46. The quantitative estimate of drug-likeness (QED) is 0.624. The highest BCUT2D eigenvalue weighted by Gasteiger charge is 2.01. The minimum Gasteiger partial charge on any atom is -0.143 e. The molecule has 1 heteroatoms. The molecule has 0 aliphatic carbocycles. The average molecular weight is 178 g/mol. The topological polar surface area (TPSA) is 0 Å². The first-order valence-corrected chi connectivity index (χ1v) is 4.53. The second-order valence-electron chi connectivity index (χ2n) is 2.96. The molecule has 0 heterocycles. The summed E-state index contributed by atoms with van der Waals surface area (Å²) in [4.78, 5) is 1.09. The lowest BCUT2D eigenvalue weighted by Gasteiger charge is -2.06. The third-order valence-electron chi connectivity index (χ3n) is 1.97. The van der Waals surface area contributed by atoms with Crippen molar-refractivity contribution in [1.82, 2.24) is 0 Å². The number of benzene rings is 1. The van der Waals surface area contributed by atoms with Gasteiger partial charge in [-0.2, -0.15) is 0 Å². The van der Waals surface area contributed by atoms with E-state index in [-0.39, 0.29) is 0 Å². The molecule has 0 radical (unpaired) electrons. The van der Waals surface area contributed by atoms with Crippen LogP contribution in [0.5, 0.6) is 0 Å². The minimum absolute atomic E-state index is 1.09. The van der Waals surface area contributed by atoms with Crippen molar-refractivity contribution in [2.24, 2.45) is 0 Å². The summed E-state index contributed by atoms with van der Waals surface area (Å²) in [6, 6.07) is 4.23. The van der Waals surface area contributed by atoms with Crippen LogP contribution in [0.1, 0.15) is 23.6 Å². The fraction of sp³-hybridized carbons (Fsp3) is 0.273. The first-order valence-electron chi connectivity index (χ1n) is 4.08. The zero-order valence-electron chi connectivity index (χ0n) is 7.76. The molecule has 0 N–H and O–H groups in total. The van der Waals surface area contributed by atoms with Crippen molar-refractivity contribution >= 4 is 18.7 Å². The van der Waals surface area contributed by atoms with E-state index in [0.717, 1.165) is 4.90 Å². The van der Waals surface area contributed by atoms with E-state index in [1.807, 2.05) is 13.0 Å². The molecular weight excluding hydrogens is 164 g/mol. The van der Waals surface area contributed by atoms with Gasteiger partial charge in [0.1, 0.15) is 0 Å². The van der Waals surface area contributed by atoms with Crippen LogP contribution >= 0.6 is 12.6 Å². The average Bonchev–Trinajstić information content (AvgIpc) is 2.06. The molecule has 12 heavy (non-hydrogen) atoms. The molecule has 0 aliphatic rings. The molecule has 0 saturated carbocycles. The molecule has 0 fully saturated rings. The lowest BCUT2D eigenvalue weighted by Crippen LogP contribution is -1.86. The second-order valence-corrected chi connectivity index (χ2v) is 3.41. The van der Waals surface area contributed by atoms with Gasteiger partial charge in [0.2, 0.25) is 0 Å². The van der Waals surface area contributed by atoms with E-state index in [0.29, 0.717) is 0 Å². The standard InChI is InChI=1S/C11H14S/c1-4-5-10-8(2)6-7-9(3)11(10)12/h4-7,12H,1-3H3/b5-4-. The molecule has 1 aromatic carbocycles. The molecule has 0 bridgehead atoms. The molecule has 0 unspecified atom stereocenters. The number of hydrogen-bond acceptors (Lipinski definition) is 1. The zero-order valence-corrected chi connectivity index (χ0v) is 8.65. The number of hydrogen-bond donors (Lipinski definition) is 1. The van der Waals surface area contributed by atoms with Gasteiger partial charge in [-0.3, -0.25) is 0 Å². The summed E-state index contributed by atoms with van der Waals surface area (Å²) in [5, 5.41) is 0. The van der Waals surface area contributed by atoms with Gasteiger partial charge in [0.05, 0.1) is 0 Å². The van der Waals surface area contributed by atoms with Gasteiger partial charge >= 0.3 is 0 Å². The summed E-state index contributed by atoms with van der Waals surface area (Å²) in [5.74, 6) is 0. The Morgan fingerprint density at radius 2 is 1.75 bits per heavy atom. The van der Waals surface area contributed by atoms with Crippen LogP contribution in [0.4, 0.5) is 0 Å². The molecule has 1 aromatic rings. The lowest BCUT2D eigenvalue weighted by molar-refractivity contribution is 1.24. The van der Waals surface area contributed by atoms with Gasteiger partial charge in [-0.15, -0.1) is 12.6 Å². The molecule has 0 nitrogen and oxygen atoms in total. The zero-order chi connectivity index (χ0) is 9.14. The van der Waals surface area contributed by atoms with Crippen LogP contribution in [0.2, 0.25) is 0 Å². The number of rotatable bonds is 1. The summed E-state index contributed by atoms with van der Waals surface area (Å²) in [5.41, 5.74) is 3.75. The van der Waals surface area contributed by atoms with Gasteiger partial charge in [0, 0.05) is 4.90 Å². The highest BCUT2D eigenvalue weighted by molar-refractivity contribution is 7.80. The fourth-order valence-electron chi connectivity index (χ4n) is 1.19. The Labute approximate surface area is 79.7 Å². The van der Waals surface area contributed by atoms with E-state index in [2.05, 4.69) is 44.7 Å². The summed E-state index contributed by atoms with van der Waals surface area (Å²) >= 11 is 4.46. The third-order valence-corrected chi connectivity index (χ3v) is 2.56. The van der Waals surface area contributed by atoms with Crippen LogP contribution in [0.25, 0.3) is 6.08 Å². The summed E-state index contributed by atoms with van der Waals surface area (Å²) in [6.07, 6.45) is 4.14. The van der Waals surface area contributed by atoms with Crippen LogP contribution in [0, 0.1) is 13.8 Å². The van der Waals surface area contributed by atoms with E-state index in [1.54, 1.807) is 0 Å². The van der Waals surface area contributed by atoms with Crippen molar-refractivity contribution in [3.63, 3.8) is 0 Å². The van der Waals surface area contributed by atoms with Gasteiger partial charge in [-0.05, 0) is 37.5 Å². The molecular formula is C11H14S. The molecule has 0 aliphatic heterocycles. The molecule has 64 valence electrons. The van der Waals surface area contributed by atoms with E-state index in [4.69, 9.17) is 0 Å². The smallest absolute Gasteiger partial charge is 0.0144 e. The Morgan fingerprint density at radius 1 is 1.17 bits per heavy atom. The van der Waals surface area contributed by atoms with Crippen LogP contribution in [0.15, 0.2) is 23.1 Å². The predicted molar refractivity (Wildman–Crippen MR) is 57.9 cm³/mol. The molecule has 0 atom stereocenters. The molecule has 0 saturated heterocycles. The van der Waals surface area contributed by atoms with E-state index in [9.17, 15) is 0 Å². The molecule has 0 amide bonds. The van der Waals surface area contributed by atoms with E-state index >= 15 is 0 Å². The largest absolute Gasteiger partial charge is 0.143 e. The summed E-state index contributed by atoms with van der Waals surface area (Å²) in [7, 11) is 0. The van der Waals surface area contributed by atoms with Crippen LogP contribution in [0.3, 0.4) is 0 Å². The first-order chi connectivity index (χ1) is 5.66. The molecule has 1 rings (SSSR count). The summed E-state index contributed by atoms with van der Waals surface area (Å²) in [6.45, 7) is 6.21. The Morgan fingerprint density at radius 3 is 2.33 bits per heavy atom. The fourth-order valence-corrected chi connectivity index (χ4v) is 1.52. The number of aryl methyl sites for hydroxylation is 2. The van der Waals surface area contributed by atoms with Crippen molar-refractivity contribution < 1.29 is 0 Å². The second kappa shape index (κ2) is 3.81. The Balaban J connectivity index is 3.32. The van der Waals surface area contributed by atoms with Crippen LogP contribution in [-0.4, -0.2) is 0 Å². The first kappa shape index (κ1) is 9.40. The van der Waals surface area contributed by atoms with Gasteiger partial charge in [-0.1, -0.05) is 24.3 Å². The minimum atomic E-state index is 1.09. The highest BCUT2D eigenvalue weighted by atomic mass is 32.1. The maximum absolute atomic E-state index is 4.46. The van der Waals surface area contributed by atoms with Crippen molar-refractivity contribution in [3.8, 4) is 0 Å². The van der Waals surface area contributed by atoms with Crippen molar-refractivity contribution in [3.05, 3.63) is 34.9 Å².